The maximum absolute atomic E-state index is 13.5. The van der Waals surface area contributed by atoms with Gasteiger partial charge in [0.2, 0.25) is 0 Å². The molecular formula is C15H18FN3O2S. The van der Waals surface area contributed by atoms with Crippen LogP contribution in [-0.2, 0) is 6.42 Å². The third-order valence-corrected chi connectivity index (χ3v) is 3.96. The molecule has 0 bridgehead atoms. The van der Waals surface area contributed by atoms with Crippen LogP contribution in [0.3, 0.4) is 0 Å². The number of aliphatic hydroxyl groups is 1. The first-order chi connectivity index (χ1) is 10.6. The molecule has 0 saturated heterocycles. The van der Waals surface area contributed by atoms with Crippen LogP contribution in [0.25, 0.3) is 0 Å². The van der Waals surface area contributed by atoms with Gasteiger partial charge in [0.05, 0.1) is 6.10 Å². The highest BCUT2D eigenvalue weighted by Gasteiger charge is 2.13. The van der Waals surface area contributed by atoms with Gasteiger partial charge in [-0.25, -0.2) is 14.2 Å². The number of benzene rings is 1. The molecule has 0 aliphatic rings. The number of nitrogens with zero attached hydrogens (tertiary/aromatic N) is 1. The Labute approximate surface area is 132 Å². The summed E-state index contributed by atoms with van der Waals surface area (Å²) in [4.78, 5) is 16.9. The van der Waals surface area contributed by atoms with Crippen molar-refractivity contribution >= 4 is 22.5 Å². The highest BCUT2D eigenvalue weighted by Crippen LogP contribution is 2.19. The summed E-state index contributed by atoms with van der Waals surface area (Å²) in [6, 6.07) is 5.45. The lowest BCUT2D eigenvalue weighted by atomic mass is 10.1. The Morgan fingerprint density at radius 1 is 1.45 bits per heavy atom. The van der Waals surface area contributed by atoms with Gasteiger partial charge in [-0.2, -0.15) is 0 Å². The molecule has 0 aliphatic carbocycles. The first-order valence-corrected chi connectivity index (χ1v) is 7.84. The van der Waals surface area contributed by atoms with Crippen LogP contribution in [0.2, 0.25) is 0 Å². The van der Waals surface area contributed by atoms with E-state index in [2.05, 4.69) is 22.5 Å². The number of thiazole rings is 1. The normalized spacial score (nSPS) is 12.0. The molecular weight excluding hydrogens is 305 g/mol. The van der Waals surface area contributed by atoms with E-state index in [1.54, 1.807) is 18.3 Å². The molecule has 0 spiro atoms. The number of aryl methyl sites for hydroxylation is 1. The summed E-state index contributed by atoms with van der Waals surface area (Å²) in [6.07, 6.45) is 2.58. The minimum Gasteiger partial charge on any atom is -0.386 e. The second-order valence-electron chi connectivity index (χ2n) is 4.75. The van der Waals surface area contributed by atoms with Gasteiger partial charge in [-0.3, -0.25) is 5.32 Å². The van der Waals surface area contributed by atoms with Crippen molar-refractivity contribution in [1.82, 2.24) is 10.3 Å². The summed E-state index contributed by atoms with van der Waals surface area (Å²) >= 11 is 1.41. The van der Waals surface area contributed by atoms with E-state index < -0.39 is 18.0 Å². The van der Waals surface area contributed by atoms with Crippen LogP contribution in [-0.4, -0.2) is 22.7 Å². The Hall–Kier alpha value is -1.99. The zero-order chi connectivity index (χ0) is 15.9. The lowest BCUT2D eigenvalue weighted by molar-refractivity contribution is 0.170. The van der Waals surface area contributed by atoms with Crippen molar-refractivity contribution in [3.05, 3.63) is 46.7 Å². The number of anilines is 1. The predicted octanol–water partition coefficient (Wildman–Crippen LogP) is 3.09. The molecule has 7 heteroatoms. The molecule has 2 rings (SSSR count). The highest BCUT2D eigenvalue weighted by molar-refractivity contribution is 7.15. The van der Waals surface area contributed by atoms with Crippen molar-refractivity contribution in [2.45, 2.75) is 25.9 Å². The topological polar surface area (TPSA) is 74.2 Å². The molecule has 5 nitrogen and oxygen atoms in total. The summed E-state index contributed by atoms with van der Waals surface area (Å²) in [6.45, 7) is 1.99. The van der Waals surface area contributed by atoms with E-state index in [0.717, 1.165) is 17.7 Å². The lowest BCUT2D eigenvalue weighted by Gasteiger charge is -2.12. The van der Waals surface area contributed by atoms with Gasteiger partial charge >= 0.3 is 6.03 Å². The van der Waals surface area contributed by atoms with Crippen molar-refractivity contribution < 1.29 is 14.3 Å². The second-order valence-corrected chi connectivity index (χ2v) is 5.87. The van der Waals surface area contributed by atoms with Crippen LogP contribution in [0.1, 0.15) is 29.9 Å². The van der Waals surface area contributed by atoms with E-state index in [1.165, 1.54) is 23.5 Å². The Kier molecular flexibility index (Phi) is 5.85. The predicted molar refractivity (Wildman–Crippen MR) is 84.5 cm³/mol. The molecule has 0 radical (unpaired) electrons. The number of carbonyl (C=O) groups is 1. The number of carbonyl (C=O) groups excluding carboxylic acids is 1. The maximum atomic E-state index is 13.5. The molecule has 1 unspecified atom stereocenters. The molecule has 1 heterocycles. The Balaban J connectivity index is 1.83. The van der Waals surface area contributed by atoms with Crippen LogP contribution in [0.15, 0.2) is 30.5 Å². The molecule has 0 fully saturated rings. The average Bonchev–Trinajstić information content (AvgIpc) is 2.93. The highest BCUT2D eigenvalue weighted by atomic mass is 32.1. The van der Waals surface area contributed by atoms with Gasteiger partial charge in [0.1, 0.15) is 5.82 Å². The van der Waals surface area contributed by atoms with Gasteiger partial charge in [-0.05, 0) is 12.5 Å². The molecule has 22 heavy (non-hydrogen) atoms. The fraction of sp³-hybridized carbons (Fsp3) is 0.333. The molecule has 1 atom stereocenters. The van der Waals surface area contributed by atoms with Crippen LogP contribution >= 0.6 is 11.3 Å². The molecule has 1 aromatic carbocycles. The van der Waals surface area contributed by atoms with E-state index in [0.29, 0.717) is 5.13 Å². The largest absolute Gasteiger partial charge is 0.386 e. The van der Waals surface area contributed by atoms with Crippen molar-refractivity contribution in [3.63, 3.8) is 0 Å². The van der Waals surface area contributed by atoms with Gasteiger partial charge < -0.3 is 10.4 Å². The number of nitrogens with one attached hydrogen (secondary N) is 2. The number of aromatic nitrogens is 1. The lowest BCUT2D eigenvalue weighted by Crippen LogP contribution is -2.32. The van der Waals surface area contributed by atoms with Gasteiger partial charge in [-0.1, -0.05) is 31.5 Å². The molecule has 118 valence electrons. The Bertz CT molecular complexity index is 633. The quantitative estimate of drug-likeness (QED) is 0.765. The van der Waals surface area contributed by atoms with E-state index in [9.17, 15) is 14.3 Å². The number of urea groups is 1. The first-order valence-electron chi connectivity index (χ1n) is 7.02. The zero-order valence-electron chi connectivity index (χ0n) is 12.2. The standard InChI is InChI=1S/C15H18FN3O2S/c1-2-5-10-8-18-15(22-10)19-14(21)17-9-13(20)11-6-3-4-7-12(11)16/h3-4,6-8,13,20H,2,5,9H2,1H3,(H2,17,18,19,21). The van der Waals surface area contributed by atoms with Gasteiger partial charge in [0.15, 0.2) is 5.13 Å². The Morgan fingerprint density at radius 3 is 2.95 bits per heavy atom. The molecule has 1 aromatic heterocycles. The number of amides is 2. The number of rotatable bonds is 6. The summed E-state index contributed by atoms with van der Waals surface area (Å²) in [5.74, 6) is -0.499. The monoisotopic (exact) mass is 323 g/mol. The van der Waals surface area contributed by atoms with E-state index >= 15 is 0 Å². The van der Waals surface area contributed by atoms with Crippen molar-refractivity contribution in [1.29, 1.82) is 0 Å². The average molecular weight is 323 g/mol. The number of hydrogen-bond donors (Lipinski definition) is 3. The summed E-state index contributed by atoms with van der Waals surface area (Å²) in [5.41, 5.74) is 0.155. The second kappa shape index (κ2) is 7.86. The summed E-state index contributed by atoms with van der Waals surface area (Å²) < 4.78 is 13.5. The fourth-order valence-corrected chi connectivity index (χ4v) is 2.82. The van der Waals surface area contributed by atoms with E-state index in [-0.39, 0.29) is 12.1 Å². The molecule has 2 amide bonds. The minimum absolute atomic E-state index is 0.0834. The maximum Gasteiger partial charge on any atom is 0.321 e. The van der Waals surface area contributed by atoms with Crippen LogP contribution < -0.4 is 10.6 Å². The fourth-order valence-electron chi connectivity index (χ4n) is 1.91. The SMILES string of the molecule is CCCc1cnc(NC(=O)NCC(O)c2ccccc2F)s1. The van der Waals surface area contributed by atoms with Crippen LogP contribution in [0.4, 0.5) is 14.3 Å². The number of halogens is 1. The van der Waals surface area contributed by atoms with Gasteiger partial charge in [-0.15, -0.1) is 11.3 Å². The Morgan fingerprint density at radius 2 is 2.23 bits per heavy atom. The van der Waals surface area contributed by atoms with Crippen molar-refractivity contribution in [2.24, 2.45) is 0 Å². The molecule has 0 aliphatic heterocycles. The molecule has 0 saturated carbocycles. The van der Waals surface area contributed by atoms with E-state index in [1.807, 2.05) is 0 Å². The van der Waals surface area contributed by atoms with Crippen LogP contribution in [0.5, 0.6) is 0 Å². The van der Waals surface area contributed by atoms with Crippen LogP contribution in [0, 0.1) is 5.82 Å². The third-order valence-electron chi connectivity index (χ3n) is 2.99. The van der Waals surface area contributed by atoms with Gasteiger partial charge in [0.25, 0.3) is 0 Å². The smallest absolute Gasteiger partial charge is 0.321 e. The third kappa shape index (κ3) is 4.51. The minimum atomic E-state index is -1.10. The van der Waals surface area contributed by atoms with Gasteiger partial charge in [0, 0.05) is 23.2 Å². The van der Waals surface area contributed by atoms with Crippen molar-refractivity contribution in [3.8, 4) is 0 Å². The van der Waals surface area contributed by atoms with E-state index in [4.69, 9.17) is 0 Å². The summed E-state index contributed by atoms with van der Waals surface area (Å²) in [5, 5.41) is 15.5. The zero-order valence-corrected chi connectivity index (χ0v) is 13.0. The molecule has 2 aromatic rings. The number of hydrogen-bond acceptors (Lipinski definition) is 4. The number of aliphatic hydroxyl groups excluding tert-OH is 1. The summed E-state index contributed by atoms with van der Waals surface area (Å²) in [7, 11) is 0. The molecule has 3 N–H and O–H groups in total. The van der Waals surface area contributed by atoms with Crippen molar-refractivity contribution in [2.75, 3.05) is 11.9 Å². The first kappa shape index (κ1) is 16.4.